The molecule has 1 aromatic heterocycles. The van der Waals surface area contributed by atoms with Gasteiger partial charge in [0.1, 0.15) is 0 Å². The number of aromatic nitrogens is 2. The van der Waals surface area contributed by atoms with Gasteiger partial charge in [0.05, 0.1) is 30.5 Å². The van der Waals surface area contributed by atoms with E-state index in [0.717, 1.165) is 0 Å². The van der Waals surface area contributed by atoms with Crippen molar-refractivity contribution in [2.45, 2.75) is 32.4 Å². The molecule has 1 aromatic rings. The molecule has 0 aromatic carbocycles. The van der Waals surface area contributed by atoms with Crippen LogP contribution in [0.2, 0.25) is 0 Å². The third kappa shape index (κ3) is 4.86. The molecule has 0 fully saturated rings. The van der Waals surface area contributed by atoms with Crippen molar-refractivity contribution in [2.75, 3.05) is 19.4 Å². The Morgan fingerprint density at radius 1 is 1.65 bits per heavy atom. The van der Waals surface area contributed by atoms with Crippen molar-refractivity contribution >= 4 is 11.6 Å². The Bertz CT molecular complexity index is 373. The normalized spacial score (nSPS) is 11.5. The number of nitrogen functional groups attached to an aromatic ring is 1. The van der Waals surface area contributed by atoms with E-state index >= 15 is 0 Å². The maximum absolute atomic E-state index is 11.6. The molecule has 0 spiro atoms. The second-order valence-electron chi connectivity index (χ2n) is 4.53. The van der Waals surface area contributed by atoms with Crippen molar-refractivity contribution in [3.8, 4) is 0 Å². The Labute approximate surface area is 101 Å². The van der Waals surface area contributed by atoms with E-state index in [-0.39, 0.29) is 5.91 Å². The van der Waals surface area contributed by atoms with Gasteiger partial charge in [-0.05, 0) is 13.8 Å². The highest BCUT2D eigenvalue weighted by Crippen LogP contribution is 2.11. The van der Waals surface area contributed by atoms with E-state index in [9.17, 15) is 4.79 Å². The smallest absolute Gasteiger partial charge is 0.222 e. The van der Waals surface area contributed by atoms with Crippen LogP contribution in [0.15, 0.2) is 12.4 Å². The second kappa shape index (κ2) is 5.67. The molecule has 3 N–H and O–H groups in total. The van der Waals surface area contributed by atoms with Gasteiger partial charge in [-0.25, -0.2) is 0 Å². The van der Waals surface area contributed by atoms with E-state index in [1.54, 1.807) is 24.2 Å². The molecule has 0 aliphatic carbocycles. The van der Waals surface area contributed by atoms with E-state index in [4.69, 9.17) is 10.5 Å². The van der Waals surface area contributed by atoms with Gasteiger partial charge in [0, 0.05) is 19.9 Å². The fourth-order valence-electron chi connectivity index (χ4n) is 1.33. The molecule has 6 heteroatoms. The van der Waals surface area contributed by atoms with Crippen LogP contribution in [0.5, 0.6) is 0 Å². The Morgan fingerprint density at radius 2 is 2.35 bits per heavy atom. The zero-order valence-electron chi connectivity index (χ0n) is 10.6. The van der Waals surface area contributed by atoms with Gasteiger partial charge in [-0.2, -0.15) is 5.10 Å². The fourth-order valence-corrected chi connectivity index (χ4v) is 1.33. The Balaban J connectivity index is 2.25. The summed E-state index contributed by atoms with van der Waals surface area (Å²) in [6, 6.07) is 0. The third-order valence-electron chi connectivity index (χ3n) is 2.46. The molecule has 0 aliphatic heterocycles. The molecule has 0 radical (unpaired) electrons. The van der Waals surface area contributed by atoms with E-state index < -0.39 is 5.60 Å². The molecule has 96 valence electrons. The number of nitrogens with zero attached hydrogens (tertiary/aromatic N) is 2. The Kier molecular flexibility index (Phi) is 4.51. The monoisotopic (exact) mass is 240 g/mol. The average molecular weight is 240 g/mol. The third-order valence-corrected chi connectivity index (χ3v) is 2.46. The number of rotatable bonds is 6. The highest BCUT2D eigenvalue weighted by molar-refractivity contribution is 5.76. The number of hydrogen-bond acceptors (Lipinski definition) is 4. The first kappa shape index (κ1) is 13.5. The van der Waals surface area contributed by atoms with E-state index in [2.05, 4.69) is 10.4 Å². The van der Waals surface area contributed by atoms with Crippen molar-refractivity contribution in [2.24, 2.45) is 0 Å². The fraction of sp³-hybridized carbons (Fsp3) is 0.636. The number of ether oxygens (including phenoxy) is 1. The molecule has 1 heterocycles. The van der Waals surface area contributed by atoms with Crippen LogP contribution in [0.1, 0.15) is 20.3 Å². The first-order chi connectivity index (χ1) is 7.93. The van der Waals surface area contributed by atoms with Crippen LogP contribution >= 0.6 is 0 Å². The Hall–Kier alpha value is -1.56. The van der Waals surface area contributed by atoms with E-state index in [1.807, 2.05) is 13.8 Å². The number of carbonyl (C=O) groups excluding carboxylic acids is 1. The molecule has 6 nitrogen and oxygen atoms in total. The topological polar surface area (TPSA) is 82.2 Å². The van der Waals surface area contributed by atoms with Crippen LogP contribution < -0.4 is 11.1 Å². The van der Waals surface area contributed by atoms with E-state index in [1.165, 1.54) is 0 Å². The number of nitrogens with one attached hydrogen (secondary N) is 1. The van der Waals surface area contributed by atoms with Crippen LogP contribution in [-0.2, 0) is 16.1 Å². The zero-order chi connectivity index (χ0) is 12.9. The summed E-state index contributed by atoms with van der Waals surface area (Å²) in [5.41, 5.74) is 5.72. The van der Waals surface area contributed by atoms with Crippen molar-refractivity contribution in [3.05, 3.63) is 12.4 Å². The lowest BCUT2D eigenvalue weighted by Gasteiger charge is -2.21. The molecular weight excluding hydrogens is 220 g/mol. The summed E-state index contributed by atoms with van der Waals surface area (Å²) < 4.78 is 6.87. The quantitative estimate of drug-likeness (QED) is 0.754. The molecule has 0 saturated carbocycles. The summed E-state index contributed by atoms with van der Waals surface area (Å²) in [4.78, 5) is 11.6. The molecule has 0 aliphatic rings. The van der Waals surface area contributed by atoms with Crippen molar-refractivity contribution < 1.29 is 9.53 Å². The minimum absolute atomic E-state index is 0.0306. The van der Waals surface area contributed by atoms with E-state index in [0.29, 0.717) is 25.2 Å². The zero-order valence-corrected chi connectivity index (χ0v) is 10.6. The van der Waals surface area contributed by atoms with Gasteiger partial charge in [0.2, 0.25) is 5.91 Å². The first-order valence-electron chi connectivity index (χ1n) is 5.53. The Morgan fingerprint density at radius 3 is 2.88 bits per heavy atom. The number of nitrogens with two attached hydrogens (primary N) is 1. The summed E-state index contributed by atoms with van der Waals surface area (Å²) in [5, 5.41) is 6.83. The number of hydrogen-bond donors (Lipinski definition) is 2. The maximum Gasteiger partial charge on any atom is 0.222 e. The van der Waals surface area contributed by atoms with Crippen LogP contribution in [-0.4, -0.2) is 34.9 Å². The highest BCUT2D eigenvalue weighted by Gasteiger charge is 2.20. The van der Waals surface area contributed by atoms with Crippen LogP contribution in [0.25, 0.3) is 0 Å². The lowest BCUT2D eigenvalue weighted by atomic mass is 10.1. The van der Waals surface area contributed by atoms with Crippen LogP contribution in [0.4, 0.5) is 5.69 Å². The average Bonchev–Trinajstić information content (AvgIpc) is 2.63. The minimum Gasteiger partial charge on any atom is -0.396 e. The lowest BCUT2D eigenvalue weighted by Crippen LogP contribution is -2.35. The van der Waals surface area contributed by atoms with Crippen molar-refractivity contribution in [1.29, 1.82) is 0 Å². The van der Waals surface area contributed by atoms with Crippen molar-refractivity contribution in [1.82, 2.24) is 15.1 Å². The SMILES string of the molecule is COC(C)(C)CC(=O)NCCn1cc(N)cn1. The standard InChI is InChI=1S/C11H20N4O2/c1-11(2,17-3)6-10(16)13-4-5-15-8-9(12)7-14-15/h7-8H,4-6,12H2,1-3H3,(H,13,16). The predicted molar refractivity (Wildman–Crippen MR) is 65.4 cm³/mol. The number of anilines is 1. The predicted octanol–water partition coefficient (Wildman–Crippen LogP) is 0.397. The van der Waals surface area contributed by atoms with Gasteiger partial charge in [-0.15, -0.1) is 0 Å². The highest BCUT2D eigenvalue weighted by atomic mass is 16.5. The summed E-state index contributed by atoms with van der Waals surface area (Å²) >= 11 is 0. The molecular formula is C11H20N4O2. The number of carbonyl (C=O) groups is 1. The van der Waals surface area contributed by atoms with Gasteiger partial charge < -0.3 is 15.8 Å². The van der Waals surface area contributed by atoms with Gasteiger partial charge in [-0.3, -0.25) is 9.48 Å². The van der Waals surface area contributed by atoms with Gasteiger partial charge in [-0.1, -0.05) is 0 Å². The molecule has 0 bridgehead atoms. The van der Waals surface area contributed by atoms with Crippen LogP contribution in [0.3, 0.4) is 0 Å². The summed E-state index contributed by atoms with van der Waals surface area (Å²) in [7, 11) is 1.60. The molecule has 1 amide bonds. The first-order valence-corrected chi connectivity index (χ1v) is 5.53. The van der Waals surface area contributed by atoms with Gasteiger partial charge in [0.15, 0.2) is 0 Å². The molecule has 0 saturated heterocycles. The minimum atomic E-state index is -0.430. The van der Waals surface area contributed by atoms with Gasteiger partial charge in [0.25, 0.3) is 0 Å². The molecule has 1 rings (SSSR count). The summed E-state index contributed by atoms with van der Waals surface area (Å²) in [5.74, 6) is -0.0306. The summed E-state index contributed by atoms with van der Waals surface area (Å²) in [6.45, 7) is 4.89. The summed E-state index contributed by atoms with van der Waals surface area (Å²) in [6.07, 6.45) is 3.64. The molecule has 0 unspecified atom stereocenters. The largest absolute Gasteiger partial charge is 0.396 e. The number of methoxy groups -OCH3 is 1. The molecule has 17 heavy (non-hydrogen) atoms. The molecule has 0 atom stereocenters. The second-order valence-corrected chi connectivity index (χ2v) is 4.53. The van der Waals surface area contributed by atoms with Crippen LogP contribution in [0, 0.1) is 0 Å². The van der Waals surface area contributed by atoms with Gasteiger partial charge >= 0.3 is 0 Å². The number of amides is 1. The lowest BCUT2D eigenvalue weighted by molar-refractivity contribution is -0.126. The van der Waals surface area contributed by atoms with Crippen molar-refractivity contribution in [3.63, 3.8) is 0 Å². The maximum atomic E-state index is 11.6.